The van der Waals surface area contributed by atoms with Crippen molar-refractivity contribution in [1.82, 2.24) is 4.90 Å². The molecule has 1 aliphatic carbocycles. The van der Waals surface area contributed by atoms with Crippen LogP contribution in [0, 0.1) is 11.8 Å². The van der Waals surface area contributed by atoms with E-state index in [2.05, 4.69) is 17.0 Å². The Hall–Kier alpha value is -1.35. The van der Waals surface area contributed by atoms with Crippen molar-refractivity contribution in [3.8, 4) is 0 Å². The quantitative estimate of drug-likeness (QED) is 0.864. The maximum absolute atomic E-state index is 11.2. The van der Waals surface area contributed by atoms with Gasteiger partial charge >= 0.3 is 5.97 Å². The van der Waals surface area contributed by atoms with E-state index in [4.69, 9.17) is 0 Å². The largest absolute Gasteiger partial charge is 0.481 e. The molecule has 1 N–H and O–H groups in total. The molecule has 0 unspecified atom stereocenters. The van der Waals surface area contributed by atoms with Gasteiger partial charge in [-0.3, -0.25) is 9.69 Å². The van der Waals surface area contributed by atoms with E-state index in [0.717, 1.165) is 25.9 Å². The van der Waals surface area contributed by atoms with Gasteiger partial charge in [-0.05, 0) is 24.3 Å². The highest BCUT2D eigenvalue weighted by molar-refractivity contribution is 5.72. The first kappa shape index (κ1) is 10.8. The second-order valence-electron chi connectivity index (χ2n) is 5.18. The molecule has 0 amide bonds. The summed E-state index contributed by atoms with van der Waals surface area (Å²) >= 11 is 0. The maximum Gasteiger partial charge on any atom is 0.308 e. The fourth-order valence-electron chi connectivity index (χ4n) is 3.48. The van der Waals surface area contributed by atoms with E-state index in [9.17, 15) is 9.90 Å². The number of hydrogen-bond donors (Lipinski definition) is 1. The van der Waals surface area contributed by atoms with Gasteiger partial charge in [0.15, 0.2) is 0 Å². The van der Waals surface area contributed by atoms with Gasteiger partial charge in [-0.25, -0.2) is 0 Å². The van der Waals surface area contributed by atoms with Crippen molar-refractivity contribution >= 4 is 5.97 Å². The SMILES string of the molecule is O=C(O)[C@H]1[C@H]2CC[C@H]1N(Cc1ccccc1)C2. The van der Waals surface area contributed by atoms with Gasteiger partial charge < -0.3 is 5.11 Å². The zero-order valence-electron chi connectivity index (χ0n) is 9.75. The van der Waals surface area contributed by atoms with Gasteiger partial charge in [0.25, 0.3) is 0 Å². The molecule has 1 aromatic rings. The van der Waals surface area contributed by atoms with Crippen molar-refractivity contribution < 1.29 is 9.90 Å². The summed E-state index contributed by atoms with van der Waals surface area (Å²) in [4.78, 5) is 13.6. The fraction of sp³-hybridized carbons (Fsp3) is 0.500. The van der Waals surface area contributed by atoms with Crippen molar-refractivity contribution in [2.45, 2.75) is 25.4 Å². The third kappa shape index (κ3) is 1.84. The van der Waals surface area contributed by atoms with E-state index in [1.54, 1.807) is 0 Å². The lowest BCUT2D eigenvalue weighted by molar-refractivity contribution is -0.142. The number of carbonyl (C=O) groups is 1. The number of hydrogen-bond acceptors (Lipinski definition) is 2. The summed E-state index contributed by atoms with van der Waals surface area (Å²) in [5.41, 5.74) is 1.28. The highest BCUT2D eigenvalue weighted by Crippen LogP contribution is 2.43. The predicted octanol–water partition coefficient (Wildman–Crippen LogP) is 1.98. The standard InChI is InChI=1S/C14H17NO2/c16-14(17)13-11-6-7-12(13)15(9-11)8-10-4-2-1-3-5-10/h1-5,11-13H,6-9H2,(H,16,17)/t11-,12+,13-/m0/s1. The molecule has 1 saturated carbocycles. The molecule has 17 heavy (non-hydrogen) atoms. The van der Waals surface area contributed by atoms with Crippen molar-refractivity contribution in [2.75, 3.05) is 6.54 Å². The second-order valence-corrected chi connectivity index (χ2v) is 5.18. The highest BCUT2D eigenvalue weighted by Gasteiger charge is 2.50. The van der Waals surface area contributed by atoms with Crippen LogP contribution in [0.25, 0.3) is 0 Å². The van der Waals surface area contributed by atoms with Crippen molar-refractivity contribution in [3.05, 3.63) is 35.9 Å². The lowest BCUT2D eigenvalue weighted by Crippen LogP contribution is -2.34. The minimum absolute atomic E-state index is 0.126. The summed E-state index contributed by atoms with van der Waals surface area (Å²) in [6.45, 7) is 1.85. The van der Waals surface area contributed by atoms with Crippen LogP contribution in [0.2, 0.25) is 0 Å². The first-order valence-electron chi connectivity index (χ1n) is 6.26. The van der Waals surface area contributed by atoms with E-state index < -0.39 is 5.97 Å². The first-order valence-corrected chi connectivity index (χ1v) is 6.26. The molecule has 3 atom stereocenters. The molecule has 3 rings (SSSR count). The molecule has 1 saturated heterocycles. The van der Waals surface area contributed by atoms with Crippen LogP contribution in [0.3, 0.4) is 0 Å². The zero-order chi connectivity index (χ0) is 11.8. The molecular weight excluding hydrogens is 214 g/mol. The Morgan fingerprint density at radius 1 is 1.29 bits per heavy atom. The van der Waals surface area contributed by atoms with Crippen molar-refractivity contribution in [1.29, 1.82) is 0 Å². The van der Waals surface area contributed by atoms with Gasteiger partial charge in [0.2, 0.25) is 0 Å². The van der Waals surface area contributed by atoms with Crippen LogP contribution in [-0.2, 0) is 11.3 Å². The van der Waals surface area contributed by atoms with Crippen molar-refractivity contribution in [3.63, 3.8) is 0 Å². The molecule has 2 aliphatic rings. The summed E-state index contributed by atoms with van der Waals surface area (Å²) in [7, 11) is 0. The number of aliphatic carboxylic acids is 1. The summed E-state index contributed by atoms with van der Waals surface area (Å²) < 4.78 is 0. The smallest absolute Gasteiger partial charge is 0.308 e. The Morgan fingerprint density at radius 2 is 2.06 bits per heavy atom. The summed E-state index contributed by atoms with van der Waals surface area (Å²) in [5.74, 6) is -0.354. The van der Waals surface area contributed by atoms with Crippen LogP contribution < -0.4 is 0 Å². The number of benzene rings is 1. The lowest BCUT2D eigenvalue weighted by atomic mass is 9.99. The Morgan fingerprint density at radius 3 is 2.71 bits per heavy atom. The third-order valence-electron chi connectivity index (χ3n) is 4.21. The molecule has 3 nitrogen and oxygen atoms in total. The summed E-state index contributed by atoms with van der Waals surface area (Å²) in [6, 6.07) is 10.6. The van der Waals surface area contributed by atoms with E-state index >= 15 is 0 Å². The topological polar surface area (TPSA) is 40.5 Å². The van der Waals surface area contributed by atoms with E-state index in [1.807, 2.05) is 18.2 Å². The molecule has 2 bridgehead atoms. The Kier molecular flexibility index (Phi) is 2.63. The molecule has 1 aliphatic heterocycles. The Labute approximate surface area is 101 Å². The van der Waals surface area contributed by atoms with Gasteiger partial charge in [0, 0.05) is 19.1 Å². The fourth-order valence-corrected chi connectivity index (χ4v) is 3.48. The number of likely N-dealkylation sites (tertiary alicyclic amines) is 1. The van der Waals surface area contributed by atoms with E-state index in [0.29, 0.717) is 5.92 Å². The van der Waals surface area contributed by atoms with Crippen LogP contribution in [0.15, 0.2) is 30.3 Å². The van der Waals surface area contributed by atoms with E-state index in [-0.39, 0.29) is 12.0 Å². The van der Waals surface area contributed by atoms with Crippen LogP contribution in [0.5, 0.6) is 0 Å². The minimum atomic E-state index is -0.604. The third-order valence-corrected chi connectivity index (χ3v) is 4.21. The first-order chi connectivity index (χ1) is 8.25. The maximum atomic E-state index is 11.2. The Bertz CT molecular complexity index is 417. The second kappa shape index (κ2) is 4.15. The molecule has 3 heteroatoms. The molecule has 1 heterocycles. The highest BCUT2D eigenvalue weighted by atomic mass is 16.4. The van der Waals surface area contributed by atoms with Gasteiger partial charge in [-0.15, -0.1) is 0 Å². The molecule has 2 fully saturated rings. The number of carboxylic acid groups (broad SMARTS) is 1. The average Bonchev–Trinajstić information content (AvgIpc) is 2.87. The van der Waals surface area contributed by atoms with Crippen LogP contribution >= 0.6 is 0 Å². The molecule has 90 valence electrons. The van der Waals surface area contributed by atoms with Crippen molar-refractivity contribution in [2.24, 2.45) is 11.8 Å². The predicted molar refractivity (Wildman–Crippen MR) is 64.5 cm³/mol. The zero-order valence-corrected chi connectivity index (χ0v) is 9.75. The molecule has 0 aromatic heterocycles. The average molecular weight is 231 g/mol. The monoisotopic (exact) mass is 231 g/mol. The summed E-state index contributed by atoms with van der Waals surface area (Å²) in [6.07, 6.45) is 2.14. The number of nitrogens with zero attached hydrogens (tertiary/aromatic N) is 1. The van der Waals surface area contributed by atoms with Gasteiger partial charge in [-0.2, -0.15) is 0 Å². The van der Waals surface area contributed by atoms with Crippen LogP contribution in [0.4, 0.5) is 0 Å². The number of carboxylic acids is 1. The number of fused-ring (bicyclic) bond motifs is 2. The van der Waals surface area contributed by atoms with Gasteiger partial charge in [0.05, 0.1) is 5.92 Å². The van der Waals surface area contributed by atoms with Gasteiger partial charge in [-0.1, -0.05) is 30.3 Å². The van der Waals surface area contributed by atoms with Gasteiger partial charge in [0.1, 0.15) is 0 Å². The van der Waals surface area contributed by atoms with E-state index in [1.165, 1.54) is 5.56 Å². The molecular formula is C14H17NO2. The summed E-state index contributed by atoms with van der Waals surface area (Å²) in [5, 5.41) is 9.25. The molecule has 1 aromatic carbocycles. The minimum Gasteiger partial charge on any atom is -0.481 e. The number of rotatable bonds is 3. The molecule has 0 spiro atoms. The van der Waals surface area contributed by atoms with Crippen LogP contribution in [0.1, 0.15) is 18.4 Å². The lowest BCUT2D eigenvalue weighted by Gasteiger charge is -2.26. The Balaban J connectivity index is 1.73. The van der Waals surface area contributed by atoms with Crippen LogP contribution in [-0.4, -0.2) is 28.6 Å². The molecule has 0 radical (unpaired) electrons. The number of piperidine rings is 1. The normalized spacial score (nSPS) is 31.9.